The van der Waals surface area contributed by atoms with Crippen molar-refractivity contribution < 1.29 is 8.42 Å². The highest BCUT2D eigenvalue weighted by molar-refractivity contribution is 7.89. The molecule has 0 unspecified atom stereocenters. The molecule has 0 aliphatic heterocycles. The van der Waals surface area contributed by atoms with E-state index >= 15 is 0 Å². The summed E-state index contributed by atoms with van der Waals surface area (Å²) in [6, 6.07) is 5.61. The van der Waals surface area contributed by atoms with Crippen LogP contribution in [0.3, 0.4) is 0 Å². The summed E-state index contributed by atoms with van der Waals surface area (Å²) in [6.45, 7) is 5.97. The molecule has 4 fully saturated rings. The lowest BCUT2D eigenvalue weighted by atomic mass is 9.51. The van der Waals surface area contributed by atoms with E-state index < -0.39 is 10.0 Å². The van der Waals surface area contributed by atoms with E-state index in [4.69, 9.17) is 0 Å². The van der Waals surface area contributed by atoms with Crippen molar-refractivity contribution in [1.82, 2.24) is 4.72 Å². The lowest BCUT2D eigenvalue weighted by Gasteiger charge is -2.56. The Bertz CT molecular complexity index is 712. The van der Waals surface area contributed by atoms with Crippen LogP contribution in [0.1, 0.15) is 50.2 Å². The van der Waals surface area contributed by atoms with Gasteiger partial charge in [0, 0.05) is 6.04 Å². The predicted molar refractivity (Wildman–Crippen MR) is 96.2 cm³/mol. The molecule has 0 heterocycles. The minimum atomic E-state index is -3.44. The van der Waals surface area contributed by atoms with E-state index in [1.165, 1.54) is 32.1 Å². The zero-order chi connectivity index (χ0) is 17.1. The normalized spacial score (nSPS) is 36.0. The summed E-state index contributed by atoms with van der Waals surface area (Å²) in [5, 5.41) is 0. The monoisotopic (exact) mass is 347 g/mol. The molecule has 0 spiro atoms. The molecule has 24 heavy (non-hydrogen) atoms. The molecule has 0 saturated heterocycles. The molecule has 4 saturated carbocycles. The zero-order valence-electron chi connectivity index (χ0n) is 15.0. The van der Waals surface area contributed by atoms with Gasteiger partial charge in [-0.15, -0.1) is 0 Å². The maximum absolute atomic E-state index is 12.9. The fourth-order valence-corrected chi connectivity index (χ4v) is 7.77. The summed E-state index contributed by atoms with van der Waals surface area (Å²) in [4.78, 5) is 0.434. The topological polar surface area (TPSA) is 46.2 Å². The third-order valence-corrected chi connectivity index (χ3v) is 8.56. The quantitative estimate of drug-likeness (QED) is 0.893. The number of hydrogen-bond donors (Lipinski definition) is 1. The summed E-state index contributed by atoms with van der Waals surface area (Å²) in [5.74, 6) is 3.84. The van der Waals surface area contributed by atoms with Gasteiger partial charge in [-0.05, 0) is 94.1 Å². The lowest BCUT2D eigenvalue weighted by Crippen LogP contribution is -2.53. The summed E-state index contributed by atoms with van der Waals surface area (Å²) >= 11 is 0. The molecule has 132 valence electrons. The Morgan fingerprint density at radius 3 is 2.12 bits per heavy atom. The first-order valence-electron chi connectivity index (χ1n) is 9.43. The molecule has 1 aromatic rings. The van der Waals surface area contributed by atoms with Crippen LogP contribution in [-0.2, 0) is 10.0 Å². The molecule has 4 aliphatic carbocycles. The van der Waals surface area contributed by atoms with Crippen LogP contribution in [0.25, 0.3) is 0 Å². The van der Waals surface area contributed by atoms with E-state index in [-0.39, 0.29) is 6.04 Å². The molecule has 5 rings (SSSR count). The van der Waals surface area contributed by atoms with E-state index in [9.17, 15) is 8.42 Å². The van der Waals surface area contributed by atoms with Gasteiger partial charge < -0.3 is 0 Å². The van der Waals surface area contributed by atoms with Crippen molar-refractivity contribution in [1.29, 1.82) is 0 Å². The van der Waals surface area contributed by atoms with Gasteiger partial charge in [-0.3, -0.25) is 0 Å². The molecule has 4 aliphatic rings. The Balaban J connectivity index is 1.54. The van der Waals surface area contributed by atoms with Crippen LogP contribution >= 0.6 is 0 Å². The maximum Gasteiger partial charge on any atom is 0.241 e. The van der Waals surface area contributed by atoms with Gasteiger partial charge in [0.1, 0.15) is 0 Å². The van der Waals surface area contributed by atoms with Gasteiger partial charge in [0.2, 0.25) is 10.0 Å². The molecule has 0 amide bonds. The van der Waals surface area contributed by atoms with Crippen molar-refractivity contribution in [3.05, 3.63) is 29.3 Å². The average Bonchev–Trinajstić information content (AvgIpc) is 2.44. The SMILES string of the molecule is Cc1ccc(S(=O)(=O)N[C@H](C)C2C3CC4CC(C3)CC2C4)c(C)c1. The fraction of sp³-hybridized carbons (Fsp3) is 0.700. The molecule has 1 atom stereocenters. The minimum absolute atomic E-state index is 0.0331. The first-order valence-corrected chi connectivity index (χ1v) is 10.9. The first-order chi connectivity index (χ1) is 11.3. The second kappa shape index (κ2) is 5.84. The number of rotatable bonds is 4. The Labute approximate surface area is 146 Å². The molecular formula is C20H29NO2S. The van der Waals surface area contributed by atoms with Crippen molar-refractivity contribution in [2.45, 2.75) is 63.8 Å². The molecule has 3 nitrogen and oxygen atoms in total. The molecule has 4 heteroatoms. The smallest absolute Gasteiger partial charge is 0.208 e. The molecule has 0 radical (unpaired) electrons. The van der Waals surface area contributed by atoms with Gasteiger partial charge in [0.25, 0.3) is 0 Å². The van der Waals surface area contributed by atoms with Crippen LogP contribution in [0.2, 0.25) is 0 Å². The van der Waals surface area contributed by atoms with Crippen molar-refractivity contribution in [3.8, 4) is 0 Å². The molecule has 0 aromatic heterocycles. The number of benzene rings is 1. The van der Waals surface area contributed by atoms with Crippen LogP contribution in [0.15, 0.2) is 23.1 Å². The van der Waals surface area contributed by atoms with E-state index in [1.807, 2.05) is 26.0 Å². The highest BCUT2D eigenvalue weighted by Gasteiger charge is 2.50. The number of aryl methyl sites for hydroxylation is 2. The third-order valence-electron chi connectivity index (χ3n) is 6.84. The second-order valence-electron chi connectivity index (χ2n) is 8.69. The fourth-order valence-electron chi connectivity index (χ4n) is 6.27. The average molecular weight is 348 g/mol. The molecule has 1 N–H and O–H groups in total. The standard InChI is InChI=1S/C20H29NO2S/c1-12-4-5-19(13(2)6-12)24(22,23)21-14(3)20-17-8-15-7-16(10-17)11-18(20)9-15/h4-6,14-18,20-21H,7-11H2,1-3H3/t14-,15?,16?,17?,18?,20?/m1/s1. The molecule has 1 aromatic carbocycles. The van der Waals surface area contributed by atoms with Crippen molar-refractivity contribution in [3.63, 3.8) is 0 Å². The van der Waals surface area contributed by atoms with E-state index in [0.717, 1.165) is 34.8 Å². The maximum atomic E-state index is 12.9. The lowest BCUT2D eigenvalue weighted by molar-refractivity contribution is -0.0463. The largest absolute Gasteiger partial charge is 0.241 e. The van der Waals surface area contributed by atoms with Crippen molar-refractivity contribution >= 4 is 10.0 Å². The van der Waals surface area contributed by atoms with Crippen molar-refractivity contribution in [2.75, 3.05) is 0 Å². The van der Waals surface area contributed by atoms with Crippen LogP contribution in [0.5, 0.6) is 0 Å². The summed E-state index contributed by atoms with van der Waals surface area (Å²) in [7, 11) is -3.44. The predicted octanol–water partition coefficient (Wildman–Crippen LogP) is 4.04. The molecular weight excluding hydrogens is 318 g/mol. The van der Waals surface area contributed by atoms with E-state index in [1.54, 1.807) is 6.07 Å². The summed E-state index contributed by atoms with van der Waals surface area (Å²) < 4.78 is 28.8. The highest BCUT2D eigenvalue weighted by Crippen LogP contribution is 2.57. The van der Waals surface area contributed by atoms with Gasteiger partial charge in [0.05, 0.1) is 4.90 Å². The van der Waals surface area contributed by atoms with Gasteiger partial charge in [0.15, 0.2) is 0 Å². The number of nitrogens with one attached hydrogen (secondary N) is 1. The Morgan fingerprint density at radius 1 is 1.00 bits per heavy atom. The Hall–Kier alpha value is -0.870. The Kier molecular flexibility index (Phi) is 4.04. The van der Waals surface area contributed by atoms with Crippen molar-refractivity contribution in [2.24, 2.45) is 29.6 Å². The van der Waals surface area contributed by atoms with Gasteiger partial charge >= 0.3 is 0 Å². The Morgan fingerprint density at radius 2 is 1.58 bits per heavy atom. The van der Waals surface area contributed by atoms with Crippen LogP contribution in [-0.4, -0.2) is 14.5 Å². The van der Waals surface area contributed by atoms with Gasteiger partial charge in [-0.25, -0.2) is 13.1 Å². The molecule has 4 bridgehead atoms. The van der Waals surface area contributed by atoms with E-state index in [2.05, 4.69) is 11.6 Å². The first kappa shape index (κ1) is 16.6. The van der Waals surface area contributed by atoms with Crippen LogP contribution < -0.4 is 4.72 Å². The number of hydrogen-bond acceptors (Lipinski definition) is 2. The van der Waals surface area contributed by atoms with Gasteiger partial charge in [-0.1, -0.05) is 17.7 Å². The third kappa shape index (κ3) is 2.82. The van der Waals surface area contributed by atoms with Crippen LogP contribution in [0, 0.1) is 43.4 Å². The zero-order valence-corrected chi connectivity index (χ0v) is 15.8. The summed E-state index contributed by atoms with van der Waals surface area (Å²) in [5.41, 5.74) is 1.93. The minimum Gasteiger partial charge on any atom is -0.208 e. The highest BCUT2D eigenvalue weighted by atomic mass is 32.2. The van der Waals surface area contributed by atoms with Crippen LogP contribution in [0.4, 0.5) is 0 Å². The van der Waals surface area contributed by atoms with E-state index in [0.29, 0.717) is 10.8 Å². The second-order valence-corrected chi connectivity index (χ2v) is 10.4. The number of sulfonamides is 1. The summed E-state index contributed by atoms with van der Waals surface area (Å²) in [6.07, 6.45) is 6.74. The van der Waals surface area contributed by atoms with Gasteiger partial charge in [-0.2, -0.15) is 0 Å².